The van der Waals surface area contributed by atoms with Gasteiger partial charge in [-0.3, -0.25) is 19.7 Å². The molecule has 31 heavy (non-hydrogen) atoms. The van der Waals surface area contributed by atoms with Gasteiger partial charge < -0.3 is 9.47 Å². The van der Waals surface area contributed by atoms with Crippen molar-refractivity contribution in [3.8, 4) is 11.5 Å². The highest BCUT2D eigenvalue weighted by molar-refractivity contribution is 6.34. The van der Waals surface area contributed by atoms with Crippen molar-refractivity contribution in [1.82, 2.24) is 10.4 Å². The first-order valence-electron chi connectivity index (χ1n) is 9.95. The summed E-state index contributed by atoms with van der Waals surface area (Å²) in [6.45, 7) is 1.95. The van der Waals surface area contributed by atoms with Crippen molar-refractivity contribution < 1.29 is 24.3 Å². The number of halogens is 2. The van der Waals surface area contributed by atoms with Gasteiger partial charge in [-0.05, 0) is 35.9 Å². The highest BCUT2D eigenvalue weighted by atomic mass is 35.5. The number of rotatable bonds is 5. The Morgan fingerprint density at radius 1 is 1.16 bits per heavy atom. The molecule has 1 fully saturated rings. The minimum Gasteiger partial charge on any atom is -0.486 e. The Bertz CT molecular complexity index is 985. The molecule has 9 heteroatoms. The zero-order valence-corrected chi connectivity index (χ0v) is 18.2. The number of Topliss-reactive ketones (excluding diaryl/α,β-unsaturated/α-hetero) is 1. The first-order valence-corrected chi connectivity index (χ1v) is 10.7. The van der Waals surface area contributed by atoms with Gasteiger partial charge in [0, 0.05) is 48.6 Å². The van der Waals surface area contributed by atoms with E-state index in [1.54, 1.807) is 24.3 Å². The number of carbonyl (C=O) groups excluding carboxylic acids is 2. The largest absolute Gasteiger partial charge is 0.486 e. The maximum absolute atomic E-state index is 12.8. The van der Waals surface area contributed by atoms with Gasteiger partial charge in [0.2, 0.25) is 0 Å². The minimum absolute atomic E-state index is 0.0379. The van der Waals surface area contributed by atoms with Gasteiger partial charge in [0.1, 0.15) is 17.1 Å². The number of benzene rings is 2. The molecule has 2 heterocycles. The van der Waals surface area contributed by atoms with Crippen LogP contribution < -0.4 is 15.0 Å². The van der Waals surface area contributed by atoms with E-state index in [1.165, 1.54) is 5.48 Å². The van der Waals surface area contributed by atoms with E-state index in [0.29, 0.717) is 46.4 Å². The molecule has 1 amide bonds. The second kappa shape index (κ2) is 9.04. The molecule has 2 aliphatic rings. The summed E-state index contributed by atoms with van der Waals surface area (Å²) in [7, 11) is 0. The van der Waals surface area contributed by atoms with Gasteiger partial charge in [-0.2, -0.15) is 0 Å². The van der Waals surface area contributed by atoms with Crippen molar-refractivity contribution in [2.75, 3.05) is 19.7 Å². The fraction of sp³-hybridized carbons (Fsp3) is 0.364. The first kappa shape index (κ1) is 21.9. The number of carbonyl (C=O) groups is 2. The Labute approximate surface area is 189 Å². The Hall–Kier alpha value is -2.32. The van der Waals surface area contributed by atoms with E-state index < -0.39 is 11.5 Å². The standard InChI is InChI=1S/C22H22Cl2N2O5/c23-15-7-14(8-16(24)9-15)12-26-5-3-22(4-6-26)11-19(27)18-2-1-17(10-20(18)31-22)30-13-21(28)25-29/h1-2,7-10,29H,3-6,11-13H2,(H,25,28). The summed E-state index contributed by atoms with van der Waals surface area (Å²) in [5.74, 6) is 0.228. The third-order valence-electron chi connectivity index (χ3n) is 5.65. The molecule has 0 bridgehead atoms. The molecule has 164 valence electrons. The molecule has 2 aliphatic heterocycles. The van der Waals surface area contributed by atoms with E-state index in [9.17, 15) is 9.59 Å². The van der Waals surface area contributed by atoms with E-state index in [-0.39, 0.29) is 12.4 Å². The number of amides is 1. The third-order valence-corrected chi connectivity index (χ3v) is 6.09. The predicted molar refractivity (Wildman–Crippen MR) is 115 cm³/mol. The number of ether oxygens (including phenoxy) is 2. The van der Waals surface area contributed by atoms with Crippen LogP contribution in [0.4, 0.5) is 0 Å². The lowest BCUT2D eigenvalue weighted by atomic mass is 9.82. The van der Waals surface area contributed by atoms with E-state index >= 15 is 0 Å². The van der Waals surface area contributed by atoms with Crippen LogP contribution >= 0.6 is 23.2 Å². The minimum atomic E-state index is -0.667. The van der Waals surface area contributed by atoms with Gasteiger partial charge in [0.15, 0.2) is 12.4 Å². The van der Waals surface area contributed by atoms with Crippen molar-refractivity contribution >= 4 is 34.9 Å². The quantitative estimate of drug-likeness (QED) is 0.515. The molecular formula is C22H22Cl2N2O5. The number of piperidine rings is 1. The van der Waals surface area contributed by atoms with Crippen molar-refractivity contribution in [2.45, 2.75) is 31.4 Å². The summed E-state index contributed by atoms with van der Waals surface area (Å²) in [6.07, 6.45) is 1.76. The first-order chi connectivity index (χ1) is 14.9. The van der Waals surface area contributed by atoms with Crippen LogP contribution in [0.2, 0.25) is 10.0 Å². The molecule has 0 saturated carbocycles. The van der Waals surface area contributed by atoms with Crippen molar-refractivity contribution in [3.05, 3.63) is 57.6 Å². The highest BCUT2D eigenvalue weighted by Gasteiger charge is 2.43. The number of fused-ring (bicyclic) bond motifs is 1. The van der Waals surface area contributed by atoms with Gasteiger partial charge in [0.25, 0.3) is 5.91 Å². The van der Waals surface area contributed by atoms with Crippen molar-refractivity contribution in [3.63, 3.8) is 0 Å². The van der Waals surface area contributed by atoms with Gasteiger partial charge in [-0.15, -0.1) is 0 Å². The van der Waals surface area contributed by atoms with Crippen LogP contribution in [0.15, 0.2) is 36.4 Å². The smallest absolute Gasteiger partial charge is 0.281 e. The predicted octanol–water partition coefficient (Wildman–Crippen LogP) is 3.88. The van der Waals surface area contributed by atoms with Crippen molar-refractivity contribution in [1.29, 1.82) is 0 Å². The maximum Gasteiger partial charge on any atom is 0.281 e. The molecule has 0 aliphatic carbocycles. The number of hydrogen-bond donors (Lipinski definition) is 2. The molecule has 0 radical (unpaired) electrons. The van der Waals surface area contributed by atoms with E-state index in [4.69, 9.17) is 37.9 Å². The lowest BCUT2D eigenvalue weighted by Gasteiger charge is -2.44. The maximum atomic E-state index is 12.8. The summed E-state index contributed by atoms with van der Waals surface area (Å²) in [5, 5.41) is 9.81. The lowest BCUT2D eigenvalue weighted by molar-refractivity contribution is -0.131. The zero-order chi connectivity index (χ0) is 22.0. The number of nitrogens with one attached hydrogen (secondary N) is 1. The second-order valence-electron chi connectivity index (χ2n) is 7.92. The topological polar surface area (TPSA) is 88.1 Å². The Morgan fingerprint density at radius 2 is 1.87 bits per heavy atom. The number of likely N-dealkylation sites (tertiary alicyclic amines) is 1. The molecule has 0 unspecified atom stereocenters. The zero-order valence-electron chi connectivity index (χ0n) is 16.7. The summed E-state index contributed by atoms with van der Waals surface area (Å²) in [4.78, 5) is 26.2. The van der Waals surface area contributed by atoms with Gasteiger partial charge in [0.05, 0.1) is 12.0 Å². The molecule has 2 aromatic rings. The average Bonchev–Trinajstić information content (AvgIpc) is 2.73. The second-order valence-corrected chi connectivity index (χ2v) is 8.79. The third kappa shape index (κ3) is 5.13. The van der Waals surface area contributed by atoms with Crippen LogP contribution in [0.3, 0.4) is 0 Å². The molecule has 1 saturated heterocycles. The van der Waals surface area contributed by atoms with Crippen LogP contribution in [0.25, 0.3) is 0 Å². The van der Waals surface area contributed by atoms with Gasteiger partial charge >= 0.3 is 0 Å². The normalized spacial score (nSPS) is 17.7. The molecule has 0 aromatic heterocycles. The molecule has 4 rings (SSSR count). The molecule has 0 atom stereocenters. The molecular weight excluding hydrogens is 443 g/mol. The number of ketones is 1. The molecule has 2 aromatic carbocycles. The molecule has 2 N–H and O–H groups in total. The monoisotopic (exact) mass is 464 g/mol. The van der Waals surface area contributed by atoms with Gasteiger partial charge in [-0.1, -0.05) is 23.2 Å². The average molecular weight is 465 g/mol. The highest BCUT2D eigenvalue weighted by Crippen LogP contribution is 2.41. The van der Waals surface area contributed by atoms with E-state index in [0.717, 1.165) is 25.2 Å². The Balaban J connectivity index is 1.42. The number of nitrogens with zero attached hydrogens (tertiary/aromatic N) is 1. The van der Waals surface area contributed by atoms with E-state index in [2.05, 4.69) is 4.90 Å². The fourth-order valence-electron chi connectivity index (χ4n) is 4.10. The van der Waals surface area contributed by atoms with Crippen LogP contribution in [-0.4, -0.2) is 47.1 Å². The van der Waals surface area contributed by atoms with Crippen molar-refractivity contribution in [2.24, 2.45) is 0 Å². The Kier molecular flexibility index (Phi) is 6.39. The van der Waals surface area contributed by atoms with E-state index in [1.807, 2.05) is 12.1 Å². The lowest BCUT2D eigenvalue weighted by Crippen LogP contribution is -2.50. The Morgan fingerprint density at radius 3 is 2.55 bits per heavy atom. The number of hydrogen-bond acceptors (Lipinski definition) is 6. The van der Waals surface area contributed by atoms with Crippen LogP contribution in [0.1, 0.15) is 35.2 Å². The summed E-state index contributed by atoms with van der Waals surface area (Å²) in [5.41, 5.74) is 2.53. The number of hydroxylamine groups is 1. The van der Waals surface area contributed by atoms with Crippen LogP contribution in [-0.2, 0) is 11.3 Å². The van der Waals surface area contributed by atoms with Crippen LogP contribution in [0, 0.1) is 0 Å². The molecule has 7 nitrogen and oxygen atoms in total. The molecule has 1 spiro atoms. The SMILES string of the molecule is O=C(COc1ccc2c(c1)OC1(CCN(Cc3cc(Cl)cc(Cl)c3)CC1)CC2=O)NO. The van der Waals surface area contributed by atoms with Crippen LogP contribution in [0.5, 0.6) is 11.5 Å². The fourth-order valence-corrected chi connectivity index (χ4v) is 4.67. The summed E-state index contributed by atoms with van der Waals surface area (Å²) in [6, 6.07) is 10.4. The summed E-state index contributed by atoms with van der Waals surface area (Å²) < 4.78 is 11.7. The summed E-state index contributed by atoms with van der Waals surface area (Å²) >= 11 is 12.2. The van der Waals surface area contributed by atoms with Gasteiger partial charge in [-0.25, -0.2) is 5.48 Å².